The lowest BCUT2D eigenvalue weighted by atomic mass is 10.0. The molecular formula is C16H14Cl2O. The second kappa shape index (κ2) is 6.23. The molecule has 0 amide bonds. The predicted molar refractivity (Wildman–Crippen MR) is 79.9 cm³/mol. The Balaban J connectivity index is 2.07. The fraction of sp³-hybridized carbons (Fsp3) is 0.188. The van der Waals surface area contributed by atoms with Crippen LogP contribution in [0.5, 0.6) is 0 Å². The van der Waals surface area contributed by atoms with Crippen LogP contribution in [0.3, 0.4) is 0 Å². The molecule has 0 spiro atoms. The van der Waals surface area contributed by atoms with Crippen LogP contribution >= 0.6 is 23.2 Å². The Hall–Kier alpha value is -1.31. The fourth-order valence-corrected chi connectivity index (χ4v) is 2.16. The van der Waals surface area contributed by atoms with Gasteiger partial charge in [0.05, 0.1) is 0 Å². The molecule has 1 atom stereocenters. The Morgan fingerprint density at radius 1 is 1.05 bits per heavy atom. The molecule has 98 valence electrons. The quantitative estimate of drug-likeness (QED) is 0.744. The molecule has 0 heterocycles. The van der Waals surface area contributed by atoms with E-state index >= 15 is 0 Å². The maximum Gasteiger partial charge on any atom is 0.159 e. The van der Waals surface area contributed by atoms with Crippen LogP contribution in [0.2, 0.25) is 5.02 Å². The fourth-order valence-electron chi connectivity index (χ4n) is 1.81. The summed E-state index contributed by atoms with van der Waals surface area (Å²) in [5, 5.41) is 0.0113. The molecule has 0 saturated heterocycles. The van der Waals surface area contributed by atoms with Crippen LogP contribution in [-0.4, -0.2) is 5.78 Å². The third-order valence-corrected chi connectivity index (χ3v) is 3.69. The van der Waals surface area contributed by atoms with E-state index in [9.17, 15) is 4.79 Å². The number of benzene rings is 2. The van der Waals surface area contributed by atoms with Crippen LogP contribution in [0.25, 0.3) is 0 Å². The van der Waals surface area contributed by atoms with Crippen LogP contribution in [0.4, 0.5) is 0 Å². The molecule has 0 N–H and O–H groups in total. The van der Waals surface area contributed by atoms with Crippen molar-refractivity contribution in [1.82, 2.24) is 0 Å². The molecule has 0 radical (unpaired) electrons. The number of alkyl halides is 1. The first kappa shape index (κ1) is 14.1. The molecule has 2 aromatic carbocycles. The van der Waals surface area contributed by atoms with Gasteiger partial charge in [0.2, 0.25) is 0 Å². The number of aryl methyl sites for hydroxylation is 1. The van der Waals surface area contributed by atoms with Crippen LogP contribution < -0.4 is 0 Å². The molecule has 2 rings (SSSR count). The van der Waals surface area contributed by atoms with Crippen molar-refractivity contribution in [2.75, 3.05) is 0 Å². The highest BCUT2D eigenvalue weighted by Crippen LogP contribution is 2.24. The van der Waals surface area contributed by atoms with Crippen molar-refractivity contribution in [3.63, 3.8) is 0 Å². The van der Waals surface area contributed by atoms with Crippen LogP contribution in [-0.2, 0) is 11.2 Å². The van der Waals surface area contributed by atoms with Crippen LogP contribution in [0, 0.1) is 6.92 Å². The molecule has 19 heavy (non-hydrogen) atoms. The Morgan fingerprint density at radius 3 is 2.21 bits per heavy atom. The normalized spacial score (nSPS) is 12.2. The second-order valence-corrected chi connectivity index (χ2v) is 5.42. The van der Waals surface area contributed by atoms with Gasteiger partial charge in [-0.1, -0.05) is 53.6 Å². The van der Waals surface area contributed by atoms with Gasteiger partial charge < -0.3 is 0 Å². The SMILES string of the molecule is Cc1ccc(CC(=O)C(Cl)c2ccc(Cl)cc2)cc1. The zero-order chi connectivity index (χ0) is 13.8. The topological polar surface area (TPSA) is 17.1 Å². The lowest BCUT2D eigenvalue weighted by Crippen LogP contribution is -2.10. The van der Waals surface area contributed by atoms with Crippen LogP contribution in [0.1, 0.15) is 22.1 Å². The number of hydrogen-bond acceptors (Lipinski definition) is 1. The summed E-state index contributed by atoms with van der Waals surface area (Å²) in [6.45, 7) is 2.02. The first-order chi connectivity index (χ1) is 9.06. The summed E-state index contributed by atoms with van der Waals surface area (Å²) in [5.41, 5.74) is 2.94. The van der Waals surface area contributed by atoms with E-state index in [4.69, 9.17) is 23.2 Å². The Labute approximate surface area is 123 Å². The maximum absolute atomic E-state index is 12.1. The van der Waals surface area contributed by atoms with Gasteiger partial charge in [0.25, 0.3) is 0 Å². The standard InChI is InChI=1S/C16H14Cl2O/c1-11-2-4-12(5-3-11)10-15(19)16(18)13-6-8-14(17)9-7-13/h2-9,16H,10H2,1H3. The van der Waals surface area contributed by atoms with Crippen molar-refractivity contribution < 1.29 is 4.79 Å². The first-order valence-electron chi connectivity index (χ1n) is 6.04. The van der Waals surface area contributed by atoms with E-state index in [-0.39, 0.29) is 5.78 Å². The summed E-state index contributed by atoms with van der Waals surface area (Å²) >= 11 is 12.0. The number of Topliss-reactive ketones (excluding diaryl/α,β-unsaturated/α-hetero) is 1. The molecule has 0 aliphatic rings. The lowest BCUT2D eigenvalue weighted by Gasteiger charge is -2.09. The molecule has 0 fully saturated rings. The molecule has 0 aliphatic heterocycles. The van der Waals surface area contributed by atoms with Crippen molar-refractivity contribution in [3.8, 4) is 0 Å². The summed E-state index contributed by atoms with van der Waals surface area (Å²) in [6.07, 6.45) is 0.344. The van der Waals surface area contributed by atoms with Gasteiger partial charge in [0.1, 0.15) is 5.38 Å². The number of carbonyl (C=O) groups is 1. The molecule has 0 aromatic heterocycles. The molecule has 0 aliphatic carbocycles. The number of ketones is 1. The van der Waals surface area contributed by atoms with Crippen molar-refractivity contribution in [2.45, 2.75) is 18.7 Å². The van der Waals surface area contributed by atoms with Gasteiger partial charge in [0, 0.05) is 11.4 Å². The van der Waals surface area contributed by atoms with E-state index < -0.39 is 5.38 Å². The smallest absolute Gasteiger partial charge is 0.159 e. The highest BCUT2D eigenvalue weighted by atomic mass is 35.5. The minimum Gasteiger partial charge on any atom is -0.297 e. The van der Waals surface area contributed by atoms with Crippen molar-refractivity contribution in [1.29, 1.82) is 0 Å². The minimum absolute atomic E-state index is 0.00663. The second-order valence-electron chi connectivity index (χ2n) is 4.54. The number of hydrogen-bond donors (Lipinski definition) is 0. The van der Waals surface area contributed by atoms with Crippen molar-refractivity contribution in [3.05, 3.63) is 70.2 Å². The molecule has 3 heteroatoms. The number of carbonyl (C=O) groups excluding carboxylic acids is 1. The molecule has 1 nitrogen and oxygen atoms in total. The molecule has 0 saturated carbocycles. The average molecular weight is 293 g/mol. The zero-order valence-electron chi connectivity index (χ0n) is 10.6. The number of halogens is 2. The predicted octanol–water partition coefficient (Wildman–Crippen LogP) is 4.74. The van der Waals surface area contributed by atoms with Crippen LogP contribution in [0.15, 0.2) is 48.5 Å². The summed E-state index contributed by atoms with van der Waals surface area (Å²) in [5.74, 6) is -0.00663. The monoisotopic (exact) mass is 292 g/mol. The van der Waals surface area contributed by atoms with E-state index in [1.54, 1.807) is 24.3 Å². The third-order valence-electron chi connectivity index (χ3n) is 2.94. The summed E-state index contributed by atoms with van der Waals surface area (Å²) in [7, 11) is 0. The number of rotatable bonds is 4. The van der Waals surface area contributed by atoms with Gasteiger partial charge in [-0.05, 0) is 30.2 Å². The van der Waals surface area contributed by atoms with Gasteiger partial charge in [0.15, 0.2) is 5.78 Å². The highest BCUT2D eigenvalue weighted by Gasteiger charge is 2.17. The molecule has 0 bridgehead atoms. The van der Waals surface area contributed by atoms with Gasteiger partial charge in [-0.15, -0.1) is 11.6 Å². The molecule has 2 aromatic rings. The zero-order valence-corrected chi connectivity index (χ0v) is 12.1. The Kier molecular flexibility index (Phi) is 4.62. The van der Waals surface area contributed by atoms with Gasteiger partial charge in [-0.25, -0.2) is 0 Å². The Morgan fingerprint density at radius 2 is 1.63 bits per heavy atom. The summed E-state index contributed by atoms with van der Waals surface area (Å²) in [6, 6.07) is 15.0. The maximum atomic E-state index is 12.1. The highest BCUT2D eigenvalue weighted by molar-refractivity contribution is 6.32. The van der Waals surface area contributed by atoms with E-state index in [1.165, 1.54) is 5.56 Å². The average Bonchev–Trinajstić information content (AvgIpc) is 2.41. The van der Waals surface area contributed by atoms with E-state index in [2.05, 4.69) is 0 Å². The van der Waals surface area contributed by atoms with Gasteiger partial charge >= 0.3 is 0 Å². The summed E-state index contributed by atoms with van der Waals surface area (Å²) < 4.78 is 0. The Bertz CT molecular complexity index is 558. The minimum atomic E-state index is -0.626. The third kappa shape index (κ3) is 3.82. The van der Waals surface area contributed by atoms with E-state index in [0.29, 0.717) is 11.4 Å². The van der Waals surface area contributed by atoms with Crippen molar-refractivity contribution >= 4 is 29.0 Å². The van der Waals surface area contributed by atoms with E-state index in [0.717, 1.165) is 11.1 Å². The van der Waals surface area contributed by atoms with Gasteiger partial charge in [-0.3, -0.25) is 4.79 Å². The lowest BCUT2D eigenvalue weighted by molar-refractivity contribution is -0.118. The largest absolute Gasteiger partial charge is 0.297 e. The van der Waals surface area contributed by atoms with E-state index in [1.807, 2.05) is 31.2 Å². The first-order valence-corrected chi connectivity index (χ1v) is 6.85. The summed E-state index contributed by atoms with van der Waals surface area (Å²) in [4.78, 5) is 12.1. The van der Waals surface area contributed by atoms with Gasteiger partial charge in [-0.2, -0.15) is 0 Å². The molecular weight excluding hydrogens is 279 g/mol. The van der Waals surface area contributed by atoms with Crippen molar-refractivity contribution in [2.24, 2.45) is 0 Å². The molecule has 1 unspecified atom stereocenters.